The summed E-state index contributed by atoms with van der Waals surface area (Å²) in [7, 11) is 0. The predicted octanol–water partition coefficient (Wildman–Crippen LogP) is -1.01. The van der Waals surface area contributed by atoms with Crippen LogP contribution in [0, 0.1) is 5.41 Å². The van der Waals surface area contributed by atoms with Gasteiger partial charge in [0.15, 0.2) is 0 Å². The maximum Gasteiger partial charge on any atom is 0.148 e. The summed E-state index contributed by atoms with van der Waals surface area (Å²) in [6.45, 7) is 5.09. The fraction of sp³-hybridized carbons (Fsp3) is 1.00. The fourth-order valence-corrected chi connectivity index (χ4v) is 3.06. The number of hydrogen-bond donors (Lipinski definition) is 4. The normalized spacial score (nSPS) is 49.2. The highest BCUT2D eigenvalue weighted by atomic mass is 16.7. The van der Waals surface area contributed by atoms with Crippen LogP contribution in [0.5, 0.6) is 0 Å². The highest BCUT2D eigenvalue weighted by Gasteiger charge is 2.66. The van der Waals surface area contributed by atoms with E-state index in [4.69, 9.17) is 9.47 Å². The van der Waals surface area contributed by atoms with Gasteiger partial charge in [-0.15, -0.1) is 0 Å². The zero-order valence-electron chi connectivity index (χ0n) is 11.0. The van der Waals surface area contributed by atoms with Crippen LogP contribution in [0.1, 0.15) is 27.2 Å². The van der Waals surface area contributed by atoms with E-state index in [0.717, 1.165) is 0 Å². The van der Waals surface area contributed by atoms with E-state index in [-0.39, 0.29) is 13.2 Å². The second kappa shape index (κ2) is 4.13. The van der Waals surface area contributed by atoms with Crippen LogP contribution < -0.4 is 0 Å². The first-order valence-corrected chi connectivity index (χ1v) is 6.13. The Morgan fingerprint density at radius 1 is 1.11 bits per heavy atom. The molecule has 6 heteroatoms. The monoisotopic (exact) mass is 262 g/mol. The molecule has 2 fully saturated rings. The maximum absolute atomic E-state index is 10.3. The van der Waals surface area contributed by atoms with Gasteiger partial charge in [0.1, 0.15) is 36.3 Å². The molecule has 18 heavy (non-hydrogen) atoms. The predicted molar refractivity (Wildman–Crippen MR) is 61.7 cm³/mol. The topological polar surface area (TPSA) is 99.4 Å². The van der Waals surface area contributed by atoms with Gasteiger partial charge >= 0.3 is 0 Å². The van der Waals surface area contributed by atoms with Crippen molar-refractivity contribution in [3.8, 4) is 0 Å². The van der Waals surface area contributed by atoms with Crippen LogP contribution in [0.15, 0.2) is 0 Å². The van der Waals surface area contributed by atoms with Crippen molar-refractivity contribution in [2.24, 2.45) is 5.41 Å². The van der Waals surface area contributed by atoms with E-state index in [9.17, 15) is 20.4 Å². The lowest BCUT2D eigenvalue weighted by Crippen LogP contribution is -2.76. The molecule has 1 aliphatic carbocycles. The smallest absolute Gasteiger partial charge is 0.148 e. The Labute approximate surface area is 106 Å². The summed E-state index contributed by atoms with van der Waals surface area (Å²) >= 11 is 0. The quantitative estimate of drug-likeness (QED) is 0.483. The molecule has 106 valence electrons. The van der Waals surface area contributed by atoms with Crippen molar-refractivity contribution in [2.45, 2.75) is 56.7 Å². The molecule has 1 unspecified atom stereocenters. The molecule has 2 rings (SSSR count). The molecule has 2 aliphatic rings. The van der Waals surface area contributed by atoms with Gasteiger partial charge in [0.2, 0.25) is 0 Å². The number of aliphatic hydroxyl groups is 4. The zero-order chi connectivity index (χ0) is 13.8. The summed E-state index contributed by atoms with van der Waals surface area (Å²) in [4.78, 5) is 0. The lowest BCUT2D eigenvalue weighted by molar-refractivity contribution is -0.380. The molecule has 2 bridgehead atoms. The van der Waals surface area contributed by atoms with Crippen LogP contribution in [-0.4, -0.2) is 63.3 Å². The lowest BCUT2D eigenvalue weighted by atomic mass is 9.60. The Bertz CT molecular complexity index is 327. The van der Waals surface area contributed by atoms with Crippen LogP contribution in [0.3, 0.4) is 0 Å². The Morgan fingerprint density at radius 2 is 1.72 bits per heavy atom. The minimum Gasteiger partial charge on any atom is -0.393 e. The largest absolute Gasteiger partial charge is 0.393 e. The number of ether oxygens (including phenoxy) is 2. The van der Waals surface area contributed by atoms with Gasteiger partial charge in [-0.3, -0.25) is 0 Å². The van der Waals surface area contributed by atoms with Crippen molar-refractivity contribution < 1.29 is 29.9 Å². The molecule has 0 amide bonds. The van der Waals surface area contributed by atoms with E-state index in [0.29, 0.717) is 0 Å². The zero-order valence-corrected chi connectivity index (χ0v) is 11.0. The van der Waals surface area contributed by atoms with Crippen molar-refractivity contribution in [3.63, 3.8) is 0 Å². The third-order valence-electron chi connectivity index (χ3n) is 4.43. The van der Waals surface area contributed by atoms with Gasteiger partial charge in [-0.25, -0.2) is 0 Å². The summed E-state index contributed by atoms with van der Waals surface area (Å²) in [6, 6.07) is 0. The van der Waals surface area contributed by atoms with Crippen LogP contribution >= 0.6 is 0 Å². The van der Waals surface area contributed by atoms with Gasteiger partial charge in [0, 0.05) is 6.42 Å². The van der Waals surface area contributed by atoms with E-state index in [1.807, 2.05) is 20.8 Å². The van der Waals surface area contributed by atoms with Crippen LogP contribution in [-0.2, 0) is 9.47 Å². The molecule has 0 radical (unpaired) electrons. The van der Waals surface area contributed by atoms with Crippen LogP contribution in [0.4, 0.5) is 0 Å². The molecular weight excluding hydrogens is 240 g/mol. The maximum atomic E-state index is 10.3. The molecule has 0 aromatic rings. The first kappa shape index (κ1) is 14.2. The highest BCUT2D eigenvalue weighted by molar-refractivity contribution is 5.15. The molecule has 0 spiro atoms. The molecule has 4 N–H and O–H groups in total. The van der Waals surface area contributed by atoms with E-state index in [1.165, 1.54) is 0 Å². The first-order valence-electron chi connectivity index (χ1n) is 6.13. The third kappa shape index (κ3) is 1.64. The van der Waals surface area contributed by atoms with Gasteiger partial charge in [0.05, 0.1) is 6.61 Å². The fourth-order valence-electron chi connectivity index (χ4n) is 3.06. The van der Waals surface area contributed by atoms with Gasteiger partial charge in [0.25, 0.3) is 0 Å². The number of rotatable bonds is 1. The van der Waals surface area contributed by atoms with Crippen LogP contribution in [0.2, 0.25) is 0 Å². The summed E-state index contributed by atoms with van der Waals surface area (Å²) in [6.07, 6.45) is -3.84. The van der Waals surface area contributed by atoms with Gasteiger partial charge in [-0.1, -0.05) is 20.8 Å². The summed E-state index contributed by atoms with van der Waals surface area (Å²) in [5.74, 6) is 0. The molecule has 0 aromatic carbocycles. The Kier molecular flexibility index (Phi) is 3.25. The average molecular weight is 262 g/mol. The van der Waals surface area contributed by atoms with Crippen molar-refractivity contribution in [3.05, 3.63) is 0 Å². The van der Waals surface area contributed by atoms with E-state index in [1.54, 1.807) is 0 Å². The molecular formula is C12H22O6. The highest BCUT2D eigenvalue weighted by Crippen LogP contribution is 2.51. The van der Waals surface area contributed by atoms with E-state index < -0.39 is 41.5 Å². The van der Waals surface area contributed by atoms with Crippen molar-refractivity contribution in [1.29, 1.82) is 0 Å². The molecule has 1 saturated heterocycles. The minimum atomic E-state index is -1.41. The van der Waals surface area contributed by atoms with Crippen LogP contribution in [0.25, 0.3) is 0 Å². The average Bonchev–Trinajstić information content (AvgIpc) is 2.33. The van der Waals surface area contributed by atoms with E-state index >= 15 is 0 Å². The van der Waals surface area contributed by atoms with Crippen molar-refractivity contribution in [1.82, 2.24) is 0 Å². The van der Waals surface area contributed by atoms with E-state index in [2.05, 4.69) is 0 Å². The van der Waals surface area contributed by atoms with Gasteiger partial charge in [-0.05, 0) is 5.41 Å². The standard InChI is InChI=1S/C12H22O6/c1-10(2,3)12-4-11(5-13,17-6-18-12)8(15)7(14)9(12)16/h7-9,13-16H,4-6H2,1-3H3/t7-,8-,9+,11-,12?/m0/s1. The summed E-state index contributed by atoms with van der Waals surface area (Å²) in [5, 5.41) is 39.8. The molecule has 1 saturated carbocycles. The second-order valence-electron chi connectivity index (χ2n) is 6.33. The Hall–Kier alpha value is -0.240. The molecule has 1 aliphatic heterocycles. The number of hydrogen-bond acceptors (Lipinski definition) is 6. The summed E-state index contributed by atoms with van der Waals surface area (Å²) < 4.78 is 10.9. The number of fused-ring (bicyclic) bond motifs is 2. The molecule has 1 heterocycles. The van der Waals surface area contributed by atoms with Gasteiger partial charge in [-0.2, -0.15) is 0 Å². The number of aliphatic hydroxyl groups excluding tert-OH is 4. The van der Waals surface area contributed by atoms with Crippen molar-refractivity contribution in [2.75, 3.05) is 13.4 Å². The molecule has 6 nitrogen and oxygen atoms in total. The minimum absolute atomic E-state index is 0.126. The van der Waals surface area contributed by atoms with Crippen molar-refractivity contribution >= 4 is 0 Å². The summed E-state index contributed by atoms with van der Waals surface area (Å²) in [5.41, 5.74) is -2.80. The Balaban J connectivity index is 2.48. The Morgan fingerprint density at radius 3 is 2.22 bits per heavy atom. The molecule has 0 aromatic heterocycles. The second-order valence-corrected chi connectivity index (χ2v) is 6.33. The first-order chi connectivity index (χ1) is 8.20. The molecule has 5 atom stereocenters. The lowest BCUT2D eigenvalue weighted by Gasteiger charge is -2.61. The van der Waals surface area contributed by atoms with Gasteiger partial charge < -0.3 is 29.9 Å². The third-order valence-corrected chi connectivity index (χ3v) is 4.43. The SMILES string of the molecule is CC(C)(C)C12C[C@@](CO)(OCO1)[C@@H](O)[C@H](O)[C@H]2O.